The number of carbonyl (C=O) groups is 1. The molecule has 2 nitrogen and oxygen atoms in total. The summed E-state index contributed by atoms with van der Waals surface area (Å²) in [5.41, 5.74) is 4.40. The van der Waals surface area contributed by atoms with E-state index in [1.54, 1.807) is 4.90 Å². The van der Waals surface area contributed by atoms with E-state index in [4.69, 9.17) is 0 Å². The van der Waals surface area contributed by atoms with E-state index in [1.165, 1.54) is 5.56 Å². The Kier molecular flexibility index (Phi) is 2.44. The third-order valence-corrected chi connectivity index (χ3v) is 3.56. The van der Waals surface area contributed by atoms with Gasteiger partial charge in [-0.25, -0.2) is 0 Å². The first-order valence-electron chi connectivity index (χ1n) is 6.11. The number of rotatable bonds is 1. The van der Waals surface area contributed by atoms with Crippen LogP contribution in [0.3, 0.4) is 0 Å². The number of carbonyl (C=O) groups excluding carboxylic acids is 1. The van der Waals surface area contributed by atoms with E-state index in [2.05, 4.69) is 19.1 Å². The lowest BCUT2D eigenvalue weighted by molar-refractivity contribution is -0.118. The Balaban J connectivity index is 2.16. The van der Waals surface area contributed by atoms with Gasteiger partial charge in [0.2, 0.25) is 5.91 Å². The van der Waals surface area contributed by atoms with Gasteiger partial charge in [0, 0.05) is 12.7 Å². The number of nitrogens with zero attached hydrogens (tertiary/aromatic N) is 1. The summed E-state index contributed by atoms with van der Waals surface area (Å²) in [5, 5.41) is 0. The molecule has 18 heavy (non-hydrogen) atoms. The van der Waals surface area contributed by atoms with E-state index in [0.717, 1.165) is 16.8 Å². The van der Waals surface area contributed by atoms with Crippen molar-refractivity contribution in [1.82, 2.24) is 0 Å². The lowest BCUT2D eigenvalue weighted by atomic mass is 9.92. The Labute approximate surface area is 107 Å². The van der Waals surface area contributed by atoms with Gasteiger partial charge >= 0.3 is 0 Å². The second kappa shape index (κ2) is 3.98. The molecule has 1 aliphatic heterocycles. The van der Waals surface area contributed by atoms with E-state index < -0.39 is 0 Å². The first kappa shape index (κ1) is 11.0. The van der Waals surface area contributed by atoms with Gasteiger partial charge in [-0.05, 0) is 24.1 Å². The summed E-state index contributed by atoms with van der Waals surface area (Å²) in [7, 11) is 1.84. The number of para-hydroxylation sites is 1. The van der Waals surface area contributed by atoms with Crippen molar-refractivity contribution in [2.75, 3.05) is 11.9 Å². The van der Waals surface area contributed by atoms with Gasteiger partial charge in [0.05, 0.1) is 5.92 Å². The fourth-order valence-electron chi connectivity index (χ4n) is 2.65. The van der Waals surface area contributed by atoms with Crippen molar-refractivity contribution < 1.29 is 4.79 Å². The Morgan fingerprint density at radius 2 is 1.83 bits per heavy atom. The molecule has 2 aromatic carbocycles. The first-order chi connectivity index (χ1) is 8.68. The van der Waals surface area contributed by atoms with Crippen molar-refractivity contribution >= 4 is 11.6 Å². The maximum Gasteiger partial charge on any atom is 0.238 e. The third-order valence-electron chi connectivity index (χ3n) is 3.56. The lowest BCUT2D eigenvalue weighted by Gasteiger charge is -2.12. The zero-order valence-corrected chi connectivity index (χ0v) is 10.6. The number of likely N-dealkylation sites (N-methyl/N-ethyl adjacent to an activating group) is 1. The normalized spacial score (nSPS) is 18.0. The summed E-state index contributed by atoms with van der Waals surface area (Å²) in [6.45, 7) is 2.05. The molecule has 0 bridgehead atoms. The molecule has 0 N–H and O–H groups in total. The number of amides is 1. The van der Waals surface area contributed by atoms with Crippen molar-refractivity contribution in [2.24, 2.45) is 0 Å². The highest BCUT2D eigenvalue weighted by atomic mass is 16.2. The Bertz CT molecular complexity index is 618. The quantitative estimate of drug-likeness (QED) is 0.746. The van der Waals surface area contributed by atoms with Crippen LogP contribution in [0.25, 0.3) is 0 Å². The van der Waals surface area contributed by atoms with E-state index in [-0.39, 0.29) is 11.8 Å². The zero-order chi connectivity index (χ0) is 12.7. The topological polar surface area (TPSA) is 20.3 Å². The molecule has 3 rings (SSSR count). The number of hydrogen-bond donors (Lipinski definition) is 0. The molecule has 2 heteroatoms. The average Bonchev–Trinajstić information content (AvgIpc) is 2.63. The second-order valence-electron chi connectivity index (χ2n) is 4.80. The highest BCUT2D eigenvalue weighted by Gasteiger charge is 2.35. The molecule has 1 aliphatic rings. The second-order valence-corrected chi connectivity index (χ2v) is 4.80. The van der Waals surface area contributed by atoms with E-state index in [9.17, 15) is 4.79 Å². The SMILES string of the molecule is Cc1cccc(C2C(=O)N(C)c3ccccc32)c1. The van der Waals surface area contributed by atoms with Crippen molar-refractivity contribution in [3.05, 3.63) is 65.2 Å². The van der Waals surface area contributed by atoms with Crippen molar-refractivity contribution in [1.29, 1.82) is 0 Å². The van der Waals surface area contributed by atoms with Crippen LogP contribution < -0.4 is 4.90 Å². The molecular weight excluding hydrogens is 222 g/mol. The van der Waals surface area contributed by atoms with Gasteiger partial charge in [-0.2, -0.15) is 0 Å². The van der Waals surface area contributed by atoms with Crippen molar-refractivity contribution in [2.45, 2.75) is 12.8 Å². The molecule has 1 heterocycles. The number of anilines is 1. The maximum absolute atomic E-state index is 12.4. The van der Waals surface area contributed by atoms with Crippen LogP contribution in [0.4, 0.5) is 5.69 Å². The first-order valence-corrected chi connectivity index (χ1v) is 6.11. The predicted molar refractivity (Wildman–Crippen MR) is 72.9 cm³/mol. The number of benzene rings is 2. The fourth-order valence-corrected chi connectivity index (χ4v) is 2.65. The smallest absolute Gasteiger partial charge is 0.238 e. The van der Waals surface area contributed by atoms with E-state index >= 15 is 0 Å². The molecule has 1 amide bonds. The van der Waals surface area contributed by atoms with Crippen LogP contribution in [0.2, 0.25) is 0 Å². The minimum absolute atomic E-state index is 0.147. The van der Waals surface area contributed by atoms with Crippen molar-refractivity contribution in [3.8, 4) is 0 Å². The minimum atomic E-state index is -0.147. The monoisotopic (exact) mass is 237 g/mol. The Morgan fingerprint density at radius 3 is 2.61 bits per heavy atom. The molecule has 0 aliphatic carbocycles. The summed E-state index contributed by atoms with van der Waals surface area (Å²) >= 11 is 0. The van der Waals surface area contributed by atoms with Crippen LogP contribution in [-0.2, 0) is 4.79 Å². The Morgan fingerprint density at radius 1 is 1.06 bits per heavy atom. The highest BCUT2D eigenvalue weighted by molar-refractivity contribution is 6.06. The van der Waals surface area contributed by atoms with Gasteiger partial charge < -0.3 is 4.90 Å². The molecule has 2 aromatic rings. The molecule has 0 fully saturated rings. The summed E-state index contributed by atoms with van der Waals surface area (Å²) in [6.07, 6.45) is 0. The molecule has 0 radical (unpaired) electrons. The van der Waals surface area contributed by atoms with Gasteiger partial charge in [0.25, 0.3) is 0 Å². The van der Waals surface area contributed by atoms with Gasteiger partial charge in [0.15, 0.2) is 0 Å². The molecule has 0 aromatic heterocycles. The molecule has 1 atom stereocenters. The minimum Gasteiger partial charge on any atom is -0.314 e. The van der Waals surface area contributed by atoms with Gasteiger partial charge in [-0.1, -0.05) is 48.0 Å². The van der Waals surface area contributed by atoms with Crippen LogP contribution in [0.15, 0.2) is 48.5 Å². The van der Waals surface area contributed by atoms with Crippen molar-refractivity contribution in [3.63, 3.8) is 0 Å². The van der Waals surface area contributed by atoms with E-state index in [0.29, 0.717) is 0 Å². The van der Waals surface area contributed by atoms with Crippen LogP contribution in [0, 0.1) is 6.92 Å². The molecule has 0 saturated carbocycles. The molecule has 1 unspecified atom stereocenters. The standard InChI is InChI=1S/C16H15NO/c1-11-6-5-7-12(10-11)15-13-8-3-4-9-14(13)17(2)16(15)18/h3-10,15H,1-2H3. The highest BCUT2D eigenvalue weighted by Crippen LogP contribution is 2.40. The number of fused-ring (bicyclic) bond motifs is 1. The average molecular weight is 237 g/mol. The van der Waals surface area contributed by atoms with Gasteiger partial charge in [0.1, 0.15) is 0 Å². The predicted octanol–water partition coefficient (Wildman–Crippen LogP) is 3.10. The molecule has 0 spiro atoms. The molecule has 90 valence electrons. The molecular formula is C16H15NO. The summed E-state index contributed by atoms with van der Waals surface area (Å²) < 4.78 is 0. The number of aryl methyl sites for hydroxylation is 1. The zero-order valence-electron chi connectivity index (χ0n) is 10.6. The molecule has 0 saturated heterocycles. The fraction of sp³-hybridized carbons (Fsp3) is 0.188. The van der Waals surface area contributed by atoms with Crippen LogP contribution in [-0.4, -0.2) is 13.0 Å². The largest absolute Gasteiger partial charge is 0.314 e. The lowest BCUT2D eigenvalue weighted by Crippen LogP contribution is -2.24. The van der Waals surface area contributed by atoms with Gasteiger partial charge in [-0.3, -0.25) is 4.79 Å². The maximum atomic E-state index is 12.4. The third kappa shape index (κ3) is 1.53. The Hall–Kier alpha value is -2.09. The van der Waals surface area contributed by atoms with Gasteiger partial charge in [-0.15, -0.1) is 0 Å². The van der Waals surface area contributed by atoms with E-state index in [1.807, 2.05) is 43.4 Å². The van der Waals surface area contributed by atoms with Crippen LogP contribution in [0.5, 0.6) is 0 Å². The van der Waals surface area contributed by atoms with Crippen LogP contribution in [0.1, 0.15) is 22.6 Å². The van der Waals surface area contributed by atoms with Crippen LogP contribution >= 0.6 is 0 Å². The number of hydrogen-bond acceptors (Lipinski definition) is 1. The summed E-state index contributed by atoms with van der Waals surface area (Å²) in [4.78, 5) is 14.2. The summed E-state index contributed by atoms with van der Waals surface area (Å²) in [5.74, 6) is 0.00731. The summed E-state index contributed by atoms with van der Waals surface area (Å²) in [6, 6.07) is 16.2.